The second-order valence-corrected chi connectivity index (χ2v) is 4.23. The summed E-state index contributed by atoms with van der Waals surface area (Å²) in [5.74, 6) is 3.92. The molecule has 0 spiro atoms. The zero-order valence-electron chi connectivity index (χ0n) is 6.27. The quantitative estimate of drug-likeness (QED) is 0.446. The van der Waals surface area contributed by atoms with Crippen LogP contribution < -0.4 is 0 Å². The van der Waals surface area contributed by atoms with Crippen molar-refractivity contribution in [1.29, 1.82) is 0 Å². The van der Waals surface area contributed by atoms with Gasteiger partial charge >= 0.3 is 0 Å². The van der Waals surface area contributed by atoms with Gasteiger partial charge in [0.1, 0.15) is 0 Å². The Hall–Kier alpha value is -0.260. The van der Waals surface area contributed by atoms with Crippen molar-refractivity contribution in [3.8, 4) is 0 Å². The molecule has 0 amide bonds. The lowest BCUT2D eigenvalue weighted by Gasteiger charge is -2.44. The molecule has 4 aliphatic carbocycles. The van der Waals surface area contributed by atoms with Crippen molar-refractivity contribution >= 4 is 0 Å². The highest BCUT2D eigenvalue weighted by molar-refractivity contribution is 5.26. The molecule has 0 saturated heterocycles. The van der Waals surface area contributed by atoms with Crippen LogP contribution in [0.5, 0.6) is 0 Å². The molecule has 2 saturated carbocycles. The normalized spacial score (nSPS) is 44.2. The second-order valence-electron chi connectivity index (χ2n) is 4.23. The molecule has 0 N–H and O–H groups in total. The Kier molecular flexibility index (Phi) is 0.898. The van der Waals surface area contributed by atoms with Crippen LogP contribution in [-0.4, -0.2) is 0 Å². The van der Waals surface area contributed by atoms with E-state index in [4.69, 9.17) is 0 Å². The summed E-state index contributed by atoms with van der Waals surface area (Å²) in [7, 11) is 0. The Morgan fingerprint density at radius 3 is 2.90 bits per heavy atom. The Balaban J connectivity index is 2.04. The van der Waals surface area contributed by atoms with E-state index in [0.717, 1.165) is 11.8 Å². The van der Waals surface area contributed by atoms with Gasteiger partial charge in [-0.1, -0.05) is 11.6 Å². The van der Waals surface area contributed by atoms with Crippen LogP contribution in [0.3, 0.4) is 0 Å². The van der Waals surface area contributed by atoms with Gasteiger partial charge in [0, 0.05) is 0 Å². The maximum Gasteiger partial charge on any atom is -0.0192 e. The van der Waals surface area contributed by atoms with Crippen molar-refractivity contribution in [2.24, 2.45) is 11.8 Å². The molecule has 0 heteroatoms. The third kappa shape index (κ3) is 0.624. The molecule has 53 valence electrons. The fourth-order valence-corrected chi connectivity index (χ4v) is 3.11. The molecule has 0 nitrogen and oxygen atoms in total. The first kappa shape index (κ1) is 5.40. The van der Waals surface area contributed by atoms with E-state index in [-0.39, 0.29) is 0 Å². The van der Waals surface area contributed by atoms with Gasteiger partial charge in [0.15, 0.2) is 0 Å². The minimum atomic E-state index is 0.978. The molecular weight excluding hydrogens is 120 g/mol. The minimum Gasteiger partial charge on any atom is -0.0822 e. The summed E-state index contributed by atoms with van der Waals surface area (Å²) < 4.78 is 0. The summed E-state index contributed by atoms with van der Waals surface area (Å²) in [5, 5.41) is 0. The van der Waals surface area contributed by atoms with E-state index in [9.17, 15) is 0 Å². The van der Waals surface area contributed by atoms with Gasteiger partial charge in [-0.05, 0) is 49.9 Å². The topological polar surface area (TPSA) is 0 Å². The van der Waals surface area contributed by atoms with Gasteiger partial charge in [-0.3, -0.25) is 0 Å². The first-order valence-electron chi connectivity index (χ1n) is 4.43. The Bertz CT molecular complexity index is 174. The fraction of sp³-hybridized carbons (Fsp3) is 0.700. The van der Waals surface area contributed by atoms with Crippen LogP contribution in [0.15, 0.2) is 11.6 Å². The molecule has 4 rings (SSSR count). The summed E-state index contributed by atoms with van der Waals surface area (Å²) in [6.07, 6.45) is 9.81. The highest BCUT2D eigenvalue weighted by Crippen LogP contribution is 2.51. The van der Waals surface area contributed by atoms with Crippen LogP contribution in [0.25, 0.3) is 0 Å². The third-order valence-corrected chi connectivity index (χ3v) is 3.26. The Labute approximate surface area is 62.3 Å². The number of hydrogen-bond donors (Lipinski definition) is 0. The molecule has 2 unspecified atom stereocenters. The van der Waals surface area contributed by atoms with Gasteiger partial charge in [-0.25, -0.2) is 0 Å². The van der Waals surface area contributed by atoms with Crippen molar-refractivity contribution in [3.63, 3.8) is 0 Å². The predicted octanol–water partition coefficient (Wildman–Crippen LogP) is 2.71. The van der Waals surface area contributed by atoms with E-state index >= 15 is 0 Å². The van der Waals surface area contributed by atoms with Gasteiger partial charge in [0.25, 0.3) is 0 Å². The van der Waals surface area contributed by atoms with Crippen LogP contribution in [0, 0.1) is 17.8 Å². The van der Waals surface area contributed by atoms with Gasteiger partial charge in [-0.15, -0.1) is 0 Å². The minimum absolute atomic E-state index is 0.978. The zero-order chi connectivity index (χ0) is 6.55. The van der Waals surface area contributed by atoms with Crippen LogP contribution in [0.4, 0.5) is 0 Å². The second kappa shape index (κ2) is 1.66. The van der Waals surface area contributed by atoms with Gasteiger partial charge in [0.05, 0.1) is 0 Å². The largest absolute Gasteiger partial charge is 0.0822 e. The summed E-state index contributed by atoms with van der Waals surface area (Å²) in [6, 6.07) is 0. The van der Waals surface area contributed by atoms with Crippen LogP contribution in [0.1, 0.15) is 32.1 Å². The van der Waals surface area contributed by atoms with E-state index < -0.39 is 0 Å². The van der Waals surface area contributed by atoms with Crippen molar-refractivity contribution in [1.82, 2.24) is 0 Å². The van der Waals surface area contributed by atoms with E-state index in [2.05, 4.69) is 6.08 Å². The standard InChI is InChI=1S/C10H13/c1-7-2-9-4-8(1)5-10(3-7)6-9/h1,7,9H,2-6H2. The lowest BCUT2D eigenvalue weighted by atomic mass is 9.61. The molecule has 0 aromatic rings. The first-order chi connectivity index (χ1) is 4.90. The molecule has 2 atom stereocenters. The van der Waals surface area contributed by atoms with E-state index in [1.54, 1.807) is 5.57 Å². The average Bonchev–Trinajstić information content (AvgIpc) is 1.82. The van der Waals surface area contributed by atoms with E-state index in [0.29, 0.717) is 0 Å². The zero-order valence-corrected chi connectivity index (χ0v) is 6.27. The number of hydrogen-bond acceptors (Lipinski definition) is 0. The first-order valence-corrected chi connectivity index (χ1v) is 4.43. The van der Waals surface area contributed by atoms with Gasteiger partial charge in [-0.2, -0.15) is 0 Å². The lowest BCUT2D eigenvalue weighted by Crippen LogP contribution is -2.30. The Morgan fingerprint density at radius 2 is 2.20 bits per heavy atom. The van der Waals surface area contributed by atoms with Crippen molar-refractivity contribution < 1.29 is 0 Å². The molecule has 4 bridgehead atoms. The molecule has 10 heavy (non-hydrogen) atoms. The van der Waals surface area contributed by atoms with Crippen LogP contribution in [-0.2, 0) is 0 Å². The highest BCUT2D eigenvalue weighted by Gasteiger charge is 2.37. The monoisotopic (exact) mass is 133 g/mol. The van der Waals surface area contributed by atoms with Crippen LogP contribution in [0.2, 0.25) is 0 Å². The molecule has 4 aliphatic rings. The lowest BCUT2D eigenvalue weighted by molar-refractivity contribution is 0.265. The highest BCUT2D eigenvalue weighted by atomic mass is 14.4. The number of rotatable bonds is 0. The fourth-order valence-electron chi connectivity index (χ4n) is 3.11. The maximum atomic E-state index is 2.55. The molecule has 0 aromatic carbocycles. The van der Waals surface area contributed by atoms with Crippen molar-refractivity contribution in [2.45, 2.75) is 32.1 Å². The average molecular weight is 133 g/mol. The molecule has 1 radical (unpaired) electrons. The van der Waals surface area contributed by atoms with Gasteiger partial charge in [0.2, 0.25) is 0 Å². The third-order valence-electron chi connectivity index (χ3n) is 3.26. The van der Waals surface area contributed by atoms with E-state index in [1.807, 2.05) is 5.92 Å². The molecule has 0 heterocycles. The van der Waals surface area contributed by atoms with E-state index in [1.165, 1.54) is 32.1 Å². The molecule has 0 aliphatic heterocycles. The smallest absolute Gasteiger partial charge is 0.0192 e. The Morgan fingerprint density at radius 1 is 1.20 bits per heavy atom. The van der Waals surface area contributed by atoms with Crippen molar-refractivity contribution in [2.75, 3.05) is 0 Å². The number of allylic oxidation sites excluding steroid dienone is 2. The summed E-state index contributed by atoms with van der Waals surface area (Å²) in [6.45, 7) is 0. The molecular formula is C10H13. The van der Waals surface area contributed by atoms with Crippen molar-refractivity contribution in [3.05, 3.63) is 17.6 Å². The summed E-state index contributed by atoms with van der Waals surface area (Å²) in [4.78, 5) is 0. The summed E-state index contributed by atoms with van der Waals surface area (Å²) >= 11 is 0. The SMILES string of the molecule is C1=C2C[C]3CC1CC(C3)C2. The molecule has 0 aromatic heterocycles. The summed E-state index contributed by atoms with van der Waals surface area (Å²) in [5.41, 5.74) is 1.77. The van der Waals surface area contributed by atoms with Crippen LogP contribution >= 0.6 is 0 Å². The predicted molar refractivity (Wildman–Crippen MR) is 41.4 cm³/mol. The van der Waals surface area contributed by atoms with Gasteiger partial charge < -0.3 is 0 Å². The molecule has 2 fully saturated rings. The maximum absolute atomic E-state index is 2.55.